The number of hydrogen-bond acceptors (Lipinski definition) is 4. The number of hydrogen-bond donors (Lipinski definition) is 0. The van der Waals surface area contributed by atoms with Gasteiger partial charge in [-0.1, -0.05) is 109 Å². The van der Waals surface area contributed by atoms with E-state index in [1.807, 2.05) is 49.4 Å². The number of aryl methyl sites for hydroxylation is 1. The first-order valence-electron chi connectivity index (χ1n) is 13.1. The molecular formula is C35H23N3O. The molecule has 0 atom stereocenters. The maximum Gasteiger partial charge on any atom is 0.164 e. The van der Waals surface area contributed by atoms with Crippen LogP contribution in [-0.2, 0) is 5.41 Å². The molecule has 4 heteroatoms. The Labute approximate surface area is 226 Å². The molecule has 184 valence electrons. The maximum absolute atomic E-state index is 6.46. The van der Waals surface area contributed by atoms with Crippen molar-refractivity contribution in [3.05, 3.63) is 149 Å². The van der Waals surface area contributed by atoms with Crippen LogP contribution in [0.3, 0.4) is 0 Å². The third kappa shape index (κ3) is 3.03. The van der Waals surface area contributed by atoms with Gasteiger partial charge in [-0.2, -0.15) is 0 Å². The molecule has 0 fully saturated rings. The quantitative estimate of drug-likeness (QED) is 0.241. The van der Waals surface area contributed by atoms with E-state index in [0.29, 0.717) is 17.5 Å². The van der Waals surface area contributed by atoms with Crippen LogP contribution in [0.1, 0.15) is 28.1 Å². The fraction of sp³-hybridized carbons (Fsp3) is 0.0571. The standard InChI is InChI=1S/C35H23N3O/c1-22-36-33(23-12-3-2-4-13-23)38-34(37-22)25-15-11-19-29-32(25)24-14-5-6-16-26(24)35(29)27-17-7-9-20-30(27)39-31-21-10-8-18-28(31)35/h2-21H,1H3. The molecule has 8 rings (SSSR count). The summed E-state index contributed by atoms with van der Waals surface area (Å²) in [6, 6.07) is 42.1. The lowest BCUT2D eigenvalue weighted by atomic mass is 9.66. The van der Waals surface area contributed by atoms with Crippen molar-refractivity contribution in [3.63, 3.8) is 0 Å². The number of aromatic nitrogens is 3. The van der Waals surface area contributed by atoms with E-state index in [0.717, 1.165) is 39.3 Å². The van der Waals surface area contributed by atoms with Crippen molar-refractivity contribution >= 4 is 0 Å². The molecule has 0 N–H and O–H groups in total. The molecule has 4 nitrogen and oxygen atoms in total. The molecule has 0 saturated carbocycles. The lowest BCUT2D eigenvalue weighted by Crippen LogP contribution is -2.32. The van der Waals surface area contributed by atoms with Crippen LogP contribution in [0, 0.1) is 6.92 Å². The number of rotatable bonds is 2. The number of fused-ring (bicyclic) bond motifs is 9. The molecule has 2 aliphatic rings. The van der Waals surface area contributed by atoms with Gasteiger partial charge in [0.25, 0.3) is 0 Å². The van der Waals surface area contributed by atoms with Crippen LogP contribution in [0.25, 0.3) is 33.9 Å². The topological polar surface area (TPSA) is 47.9 Å². The Bertz CT molecular complexity index is 1870. The zero-order valence-corrected chi connectivity index (χ0v) is 21.3. The average molecular weight is 502 g/mol. The van der Waals surface area contributed by atoms with Crippen molar-refractivity contribution in [1.82, 2.24) is 15.0 Å². The van der Waals surface area contributed by atoms with E-state index < -0.39 is 5.41 Å². The predicted molar refractivity (Wildman–Crippen MR) is 153 cm³/mol. The second kappa shape index (κ2) is 8.20. The highest BCUT2D eigenvalue weighted by Gasteiger charge is 2.51. The minimum absolute atomic E-state index is 0.516. The van der Waals surface area contributed by atoms with Crippen molar-refractivity contribution in [3.8, 4) is 45.4 Å². The summed E-state index contributed by atoms with van der Waals surface area (Å²) in [7, 11) is 0. The average Bonchev–Trinajstić information content (AvgIpc) is 3.29. The highest BCUT2D eigenvalue weighted by Crippen LogP contribution is 2.63. The lowest BCUT2D eigenvalue weighted by Gasteiger charge is -2.39. The van der Waals surface area contributed by atoms with Gasteiger partial charge in [-0.3, -0.25) is 0 Å². The third-order valence-corrected chi connectivity index (χ3v) is 7.89. The fourth-order valence-electron chi connectivity index (χ4n) is 6.41. The first-order chi connectivity index (χ1) is 19.2. The summed E-state index contributed by atoms with van der Waals surface area (Å²) in [5, 5.41) is 0. The third-order valence-electron chi connectivity index (χ3n) is 7.89. The van der Waals surface area contributed by atoms with Gasteiger partial charge >= 0.3 is 0 Å². The van der Waals surface area contributed by atoms with Gasteiger partial charge in [0.2, 0.25) is 0 Å². The first-order valence-corrected chi connectivity index (χ1v) is 13.1. The Hall–Kier alpha value is -5.09. The van der Waals surface area contributed by atoms with E-state index in [-0.39, 0.29) is 0 Å². The fourth-order valence-corrected chi connectivity index (χ4v) is 6.41. The molecule has 5 aromatic carbocycles. The Morgan fingerprint density at radius 2 is 1.05 bits per heavy atom. The SMILES string of the molecule is Cc1nc(-c2ccccc2)nc(-c2cccc3c2-c2ccccc2C32c3ccccc3Oc3ccccc32)n1. The van der Waals surface area contributed by atoms with Crippen LogP contribution in [-0.4, -0.2) is 15.0 Å². The number of nitrogens with zero attached hydrogens (tertiary/aromatic N) is 3. The maximum atomic E-state index is 6.46. The zero-order valence-electron chi connectivity index (χ0n) is 21.3. The number of para-hydroxylation sites is 2. The molecule has 1 aromatic heterocycles. The summed E-state index contributed by atoms with van der Waals surface area (Å²) in [4.78, 5) is 14.5. The Morgan fingerprint density at radius 1 is 0.487 bits per heavy atom. The van der Waals surface area contributed by atoms with Gasteiger partial charge in [-0.15, -0.1) is 0 Å². The second-order valence-electron chi connectivity index (χ2n) is 10.0. The largest absolute Gasteiger partial charge is 0.457 e. The van der Waals surface area contributed by atoms with E-state index in [4.69, 9.17) is 14.7 Å². The highest BCUT2D eigenvalue weighted by molar-refractivity contribution is 5.95. The predicted octanol–water partition coefficient (Wildman–Crippen LogP) is 7.98. The van der Waals surface area contributed by atoms with Crippen molar-refractivity contribution in [2.75, 3.05) is 0 Å². The molecular weight excluding hydrogens is 478 g/mol. The summed E-state index contributed by atoms with van der Waals surface area (Å²) in [5.74, 6) is 3.81. The molecule has 39 heavy (non-hydrogen) atoms. The highest BCUT2D eigenvalue weighted by atomic mass is 16.5. The molecule has 1 aliphatic heterocycles. The second-order valence-corrected chi connectivity index (χ2v) is 10.0. The zero-order chi connectivity index (χ0) is 26.0. The van der Waals surface area contributed by atoms with E-state index >= 15 is 0 Å². The van der Waals surface area contributed by atoms with Gasteiger partial charge in [-0.25, -0.2) is 15.0 Å². The van der Waals surface area contributed by atoms with E-state index in [2.05, 4.69) is 83.8 Å². The van der Waals surface area contributed by atoms with Crippen LogP contribution in [0.5, 0.6) is 11.5 Å². The number of benzene rings is 5. The smallest absolute Gasteiger partial charge is 0.164 e. The van der Waals surface area contributed by atoms with Crippen LogP contribution >= 0.6 is 0 Å². The summed E-state index contributed by atoms with van der Waals surface area (Å²) in [6.45, 7) is 1.93. The van der Waals surface area contributed by atoms with Gasteiger partial charge in [0.15, 0.2) is 11.6 Å². The molecule has 0 saturated heterocycles. The normalized spacial score (nSPS) is 13.7. The van der Waals surface area contributed by atoms with Gasteiger partial charge in [0.05, 0.1) is 5.41 Å². The molecule has 1 aliphatic carbocycles. The summed E-state index contributed by atoms with van der Waals surface area (Å²) >= 11 is 0. The summed E-state index contributed by atoms with van der Waals surface area (Å²) in [6.07, 6.45) is 0. The lowest BCUT2D eigenvalue weighted by molar-refractivity contribution is 0.436. The Kier molecular flexibility index (Phi) is 4.62. The van der Waals surface area contributed by atoms with E-state index in [1.165, 1.54) is 16.7 Å². The van der Waals surface area contributed by atoms with Crippen molar-refractivity contribution in [2.45, 2.75) is 12.3 Å². The van der Waals surface area contributed by atoms with Crippen LogP contribution in [0.15, 0.2) is 121 Å². The van der Waals surface area contributed by atoms with Gasteiger partial charge in [0.1, 0.15) is 17.3 Å². The molecule has 0 amide bonds. The van der Waals surface area contributed by atoms with Crippen molar-refractivity contribution in [2.24, 2.45) is 0 Å². The molecule has 0 radical (unpaired) electrons. The molecule has 0 unspecified atom stereocenters. The van der Waals surface area contributed by atoms with Crippen LogP contribution in [0.2, 0.25) is 0 Å². The molecule has 6 aromatic rings. The Morgan fingerprint density at radius 3 is 1.79 bits per heavy atom. The minimum atomic E-state index is -0.516. The molecule has 2 heterocycles. The number of ether oxygens (including phenoxy) is 1. The van der Waals surface area contributed by atoms with Gasteiger partial charge in [-0.05, 0) is 41.3 Å². The Balaban J connectivity index is 1.47. The van der Waals surface area contributed by atoms with Gasteiger partial charge in [0, 0.05) is 22.3 Å². The summed E-state index contributed by atoms with van der Waals surface area (Å²) < 4.78 is 6.46. The van der Waals surface area contributed by atoms with Crippen LogP contribution in [0.4, 0.5) is 0 Å². The molecule has 1 spiro atoms. The monoisotopic (exact) mass is 501 g/mol. The van der Waals surface area contributed by atoms with Gasteiger partial charge < -0.3 is 4.74 Å². The van der Waals surface area contributed by atoms with Crippen molar-refractivity contribution < 1.29 is 4.74 Å². The van der Waals surface area contributed by atoms with E-state index in [1.54, 1.807) is 0 Å². The van der Waals surface area contributed by atoms with Crippen LogP contribution < -0.4 is 4.74 Å². The molecule has 0 bridgehead atoms. The first kappa shape index (κ1) is 21.9. The summed E-state index contributed by atoms with van der Waals surface area (Å²) in [5.41, 5.74) is 8.54. The van der Waals surface area contributed by atoms with Crippen molar-refractivity contribution in [1.29, 1.82) is 0 Å². The minimum Gasteiger partial charge on any atom is -0.457 e. The van der Waals surface area contributed by atoms with E-state index in [9.17, 15) is 0 Å².